The molecule has 64 heavy (non-hydrogen) atoms. The molecule has 0 rings (SSSR count). The third-order valence-electron chi connectivity index (χ3n) is 12.9. The van der Waals surface area contributed by atoms with Crippen molar-refractivity contribution in [2.45, 2.75) is 309 Å². The molecule has 0 aliphatic rings. The highest BCUT2D eigenvalue weighted by Crippen LogP contribution is 2.16. The molecule has 0 aromatic heterocycles. The number of aliphatic hydroxyl groups is 2. The van der Waals surface area contributed by atoms with Crippen LogP contribution in [0, 0.1) is 0 Å². The fourth-order valence-corrected chi connectivity index (χ4v) is 8.55. The summed E-state index contributed by atoms with van der Waals surface area (Å²) in [5.41, 5.74) is 0. The van der Waals surface area contributed by atoms with Crippen LogP contribution in [0.25, 0.3) is 0 Å². The predicted octanol–water partition coefficient (Wildman–Crippen LogP) is 17.2. The molecule has 1 amide bonds. The SMILES string of the molecule is CCCCC/C=C\C/C=C\CCCCCCCC(=O)OCCCCCCCCCCCCCCCCCCCC(=O)NC(CO)C(O)/C=C/CCCCCCCCCCCCCCC. The van der Waals surface area contributed by atoms with Gasteiger partial charge in [0.1, 0.15) is 0 Å². The molecule has 0 aliphatic carbocycles. The van der Waals surface area contributed by atoms with E-state index in [4.69, 9.17) is 4.74 Å². The lowest BCUT2D eigenvalue weighted by Crippen LogP contribution is -2.45. The lowest BCUT2D eigenvalue weighted by atomic mass is 10.0. The molecule has 2 unspecified atom stereocenters. The molecule has 0 aromatic carbocycles. The number of allylic oxidation sites excluding steroid dienone is 5. The maximum Gasteiger partial charge on any atom is 0.305 e. The zero-order chi connectivity index (χ0) is 46.5. The summed E-state index contributed by atoms with van der Waals surface area (Å²) in [6.07, 6.45) is 65.8. The number of ether oxygens (including phenoxy) is 1. The zero-order valence-corrected chi connectivity index (χ0v) is 42.8. The molecule has 0 saturated heterocycles. The van der Waals surface area contributed by atoms with Gasteiger partial charge in [-0.25, -0.2) is 0 Å². The molecule has 0 saturated carbocycles. The largest absolute Gasteiger partial charge is 0.466 e. The number of hydrogen-bond donors (Lipinski definition) is 3. The van der Waals surface area contributed by atoms with Crippen LogP contribution in [0.15, 0.2) is 36.5 Å². The number of amides is 1. The third-order valence-corrected chi connectivity index (χ3v) is 12.9. The van der Waals surface area contributed by atoms with Gasteiger partial charge in [0.2, 0.25) is 5.91 Å². The topological polar surface area (TPSA) is 95.9 Å². The number of carbonyl (C=O) groups is 2. The van der Waals surface area contributed by atoms with Crippen molar-refractivity contribution in [1.82, 2.24) is 5.32 Å². The fourth-order valence-electron chi connectivity index (χ4n) is 8.55. The molecule has 3 N–H and O–H groups in total. The van der Waals surface area contributed by atoms with E-state index < -0.39 is 12.1 Å². The number of hydrogen-bond acceptors (Lipinski definition) is 5. The molecule has 2 atom stereocenters. The average molecular weight is 901 g/mol. The standard InChI is InChI=1S/C58H109NO5/c1-3-5-7-9-11-13-15-17-22-26-30-34-38-42-46-50-56(61)55(54-60)59-57(62)51-47-43-39-35-31-27-24-20-19-21-25-29-33-37-41-45-49-53-64-58(63)52-48-44-40-36-32-28-23-18-16-14-12-10-8-6-4-2/h12,14,18,23,46,50,55-56,60-61H,3-11,13,15-17,19-22,24-45,47-49,51-54H2,1-2H3,(H,59,62)/b14-12-,23-18-,50-46+. The summed E-state index contributed by atoms with van der Waals surface area (Å²) >= 11 is 0. The van der Waals surface area contributed by atoms with Crippen molar-refractivity contribution in [3.8, 4) is 0 Å². The first kappa shape index (κ1) is 62.1. The summed E-state index contributed by atoms with van der Waals surface area (Å²) in [6, 6.07) is -0.632. The van der Waals surface area contributed by atoms with Gasteiger partial charge in [-0.05, 0) is 64.2 Å². The summed E-state index contributed by atoms with van der Waals surface area (Å²) in [7, 11) is 0. The quantitative estimate of drug-likeness (QED) is 0.0321. The average Bonchev–Trinajstić information content (AvgIpc) is 3.29. The third kappa shape index (κ3) is 49.5. The first-order valence-electron chi connectivity index (χ1n) is 28.3. The zero-order valence-electron chi connectivity index (χ0n) is 42.8. The van der Waals surface area contributed by atoms with Gasteiger partial charge in [0.15, 0.2) is 0 Å². The van der Waals surface area contributed by atoms with Crippen molar-refractivity contribution in [2.24, 2.45) is 0 Å². The lowest BCUT2D eigenvalue weighted by molar-refractivity contribution is -0.143. The van der Waals surface area contributed by atoms with E-state index in [1.807, 2.05) is 6.08 Å². The molecule has 0 aliphatic heterocycles. The van der Waals surface area contributed by atoms with E-state index in [0.717, 1.165) is 51.4 Å². The lowest BCUT2D eigenvalue weighted by Gasteiger charge is -2.20. The molecule has 0 aromatic rings. The van der Waals surface area contributed by atoms with Gasteiger partial charge >= 0.3 is 5.97 Å². The van der Waals surface area contributed by atoms with E-state index in [0.29, 0.717) is 19.4 Å². The minimum atomic E-state index is -0.848. The molecule has 0 bridgehead atoms. The van der Waals surface area contributed by atoms with E-state index in [9.17, 15) is 19.8 Å². The van der Waals surface area contributed by atoms with Crippen molar-refractivity contribution >= 4 is 11.9 Å². The highest BCUT2D eigenvalue weighted by Gasteiger charge is 2.18. The highest BCUT2D eigenvalue weighted by molar-refractivity contribution is 5.76. The van der Waals surface area contributed by atoms with Crippen LogP contribution in [0.4, 0.5) is 0 Å². The smallest absolute Gasteiger partial charge is 0.305 e. The van der Waals surface area contributed by atoms with Crippen molar-refractivity contribution in [1.29, 1.82) is 0 Å². The van der Waals surface area contributed by atoms with E-state index in [1.54, 1.807) is 6.08 Å². The Hall–Kier alpha value is -1.92. The van der Waals surface area contributed by atoms with E-state index in [1.165, 1.54) is 218 Å². The Balaban J connectivity index is 3.45. The fraction of sp³-hybridized carbons (Fsp3) is 0.862. The Bertz CT molecular complexity index is 1040. The van der Waals surface area contributed by atoms with Crippen LogP contribution in [0.1, 0.15) is 296 Å². The molecule has 6 heteroatoms. The van der Waals surface area contributed by atoms with Gasteiger partial charge in [-0.3, -0.25) is 9.59 Å². The van der Waals surface area contributed by atoms with Gasteiger partial charge in [0.05, 0.1) is 25.4 Å². The Morgan fingerprint density at radius 3 is 1.22 bits per heavy atom. The summed E-state index contributed by atoms with van der Waals surface area (Å²) in [6.45, 7) is 4.86. The summed E-state index contributed by atoms with van der Waals surface area (Å²) < 4.78 is 5.47. The van der Waals surface area contributed by atoms with Crippen LogP contribution in [-0.2, 0) is 14.3 Å². The first-order valence-corrected chi connectivity index (χ1v) is 28.3. The Kier molecular flexibility index (Phi) is 52.1. The van der Waals surface area contributed by atoms with Crippen LogP contribution >= 0.6 is 0 Å². The van der Waals surface area contributed by atoms with Crippen LogP contribution in [0.5, 0.6) is 0 Å². The van der Waals surface area contributed by atoms with Crippen LogP contribution < -0.4 is 5.32 Å². The van der Waals surface area contributed by atoms with Gasteiger partial charge in [-0.2, -0.15) is 0 Å². The molecular formula is C58H109NO5. The number of nitrogens with one attached hydrogen (secondary N) is 1. The Labute approximate surface area is 398 Å². The van der Waals surface area contributed by atoms with Gasteiger partial charge in [0, 0.05) is 12.8 Å². The van der Waals surface area contributed by atoms with Gasteiger partial charge in [-0.1, -0.05) is 256 Å². The number of carbonyl (C=O) groups excluding carboxylic acids is 2. The van der Waals surface area contributed by atoms with Gasteiger partial charge in [0.25, 0.3) is 0 Å². The number of unbranched alkanes of at least 4 members (excludes halogenated alkanes) is 37. The predicted molar refractivity (Wildman–Crippen MR) is 278 cm³/mol. The minimum Gasteiger partial charge on any atom is -0.466 e. The molecule has 0 fully saturated rings. The van der Waals surface area contributed by atoms with Crippen LogP contribution in [0.2, 0.25) is 0 Å². The molecule has 0 radical (unpaired) electrons. The Morgan fingerprint density at radius 2 is 0.781 bits per heavy atom. The van der Waals surface area contributed by atoms with Crippen molar-refractivity contribution in [3.05, 3.63) is 36.5 Å². The highest BCUT2D eigenvalue weighted by atomic mass is 16.5. The number of rotatable bonds is 52. The second-order valence-electron chi connectivity index (χ2n) is 19.3. The summed E-state index contributed by atoms with van der Waals surface area (Å²) in [5, 5.41) is 23.1. The van der Waals surface area contributed by atoms with Crippen LogP contribution in [0.3, 0.4) is 0 Å². The molecule has 0 spiro atoms. The van der Waals surface area contributed by atoms with Gasteiger partial charge < -0.3 is 20.3 Å². The van der Waals surface area contributed by atoms with Crippen molar-refractivity contribution in [3.63, 3.8) is 0 Å². The molecular weight excluding hydrogens is 791 g/mol. The number of esters is 1. The summed E-state index contributed by atoms with van der Waals surface area (Å²) in [5.74, 6) is -0.0830. The molecule has 376 valence electrons. The molecule has 0 heterocycles. The maximum absolute atomic E-state index is 12.4. The second-order valence-corrected chi connectivity index (χ2v) is 19.3. The van der Waals surface area contributed by atoms with E-state index in [2.05, 4.69) is 43.5 Å². The monoisotopic (exact) mass is 900 g/mol. The van der Waals surface area contributed by atoms with Crippen LogP contribution in [-0.4, -0.2) is 47.4 Å². The normalized spacial score (nSPS) is 12.9. The number of aliphatic hydroxyl groups excluding tert-OH is 2. The van der Waals surface area contributed by atoms with Gasteiger partial charge in [-0.15, -0.1) is 0 Å². The first-order chi connectivity index (χ1) is 31.5. The minimum absolute atomic E-state index is 0.00979. The van der Waals surface area contributed by atoms with E-state index in [-0.39, 0.29) is 18.5 Å². The van der Waals surface area contributed by atoms with E-state index >= 15 is 0 Å². The van der Waals surface area contributed by atoms with Crippen molar-refractivity contribution < 1.29 is 24.5 Å². The maximum atomic E-state index is 12.4. The molecule has 6 nitrogen and oxygen atoms in total. The Morgan fingerprint density at radius 1 is 0.438 bits per heavy atom. The van der Waals surface area contributed by atoms with Crippen molar-refractivity contribution in [2.75, 3.05) is 13.2 Å². The second kappa shape index (κ2) is 53.7. The summed E-state index contributed by atoms with van der Waals surface area (Å²) in [4.78, 5) is 24.5.